The first-order valence-corrected chi connectivity index (χ1v) is 6.97. The van der Waals surface area contributed by atoms with E-state index in [9.17, 15) is 0 Å². The molecule has 0 saturated heterocycles. The summed E-state index contributed by atoms with van der Waals surface area (Å²) in [5.74, 6) is 0.834. The molecule has 1 aromatic heterocycles. The van der Waals surface area contributed by atoms with Crippen LogP contribution in [0.15, 0.2) is 28.9 Å². The molecule has 0 fully saturated rings. The molecule has 0 spiro atoms. The third-order valence-electron chi connectivity index (χ3n) is 2.85. The smallest absolute Gasteiger partial charge is 0.207 e. The van der Waals surface area contributed by atoms with Crippen molar-refractivity contribution in [2.24, 2.45) is 0 Å². The summed E-state index contributed by atoms with van der Waals surface area (Å²) in [4.78, 5) is 4.51. The zero-order chi connectivity index (χ0) is 13.8. The van der Waals surface area contributed by atoms with Gasteiger partial charge in [-0.25, -0.2) is 4.98 Å². The van der Waals surface area contributed by atoms with Gasteiger partial charge in [-0.05, 0) is 41.4 Å². The standard InChI is InChI=1S/C14H18BrN3O/c1-10-5-4-6-12(13(10)15)18-9-11(2)17-14(18)16-7-8-19-3/h4-6,9H,7-8H2,1-3H3,(H,16,17). The Bertz CT molecular complexity index is 566. The number of halogens is 1. The van der Waals surface area contributed by atoms with E-state index in [1.165, 1.54) is 5.56 Å². The van der Waals surface area contributed by atoms with Crippen LogP contribution in [0.3, 0.4) is 0 Å². The van der Waals surface area contributed by atoms with E-state index < -0.39 is 0 Å². The number of aryl methyl sites for hydroxylation is 2. The van der Waals surface area contributed by atoms with Gasteiger partial charge in [-0.1, -0.05) is 12.1 Å². The van der Waals surface area contributed by atoms with Crippen molar-refractivity contribution in [1.29, 1.82) is 0 Å². The summed E-state index contributed by atoms with van der Waals surface area (Å²) in [5.41, 5.74) is 3.26. The molecule has 1 N–H and O–H groups in total. The molecule has 19 heavy (non-hydrogen) atoms. The second kappa shape index (κ2) is 6.21. The lowest BCUT2D eigenvalue weighted by atomic mass is 10.2. The van der Waals surface area contributed by atoms with Crippen LogP contribution in [-0.2, 0) is 4.74 Å². The molecule has 0 unspecified atom stereocenters. The predicted octanol–water partition coefficient (Wildman–Crippen LogP) is 3.31. The molecule has 1 heterocycles. The third kappa shape index (κ3) is 3.16. The highest BCUT2D eigenvalue weighted by molar-refractivity contribution is 9.10. The van der Waals surface area contributed by atoms with E-state index in [-0.39, 0.29) is 0 Å². The van der Waals surface area contributed by atoms with Gasteiger partial charge in [0.25, 0.3) is 0 Å². The number of anilines is 1. The normalized spacial score (nSPS) is 10.7. The van der Waals surface area contributed by atoms with E-state index in [0.29, 0.717) is 6.61 Å². The van der Waals surface area contributed by atoms with Gasteiger partial charge in [0.15, 0.2) is 0 Å². The summed E-state index contributed by atoms with van der Waals surface area (Å²) in [6, 6.07) is 6.19. The molecule has 0 saturated carbocycles. The lowest BCUT2D eigenvalue weighted by molar-refractivity contribution is 0.210. The zero-order valence-electron chi connectivity index (χ0n) is 11.4. The Kier molecular flexibility index (Phi) is 4.61. The van der Waals surface area contributed by atoms with Crippen molar-refractivity contribution in [3.05, 3.63) is 40.1 Å². The fraction of sp³-hybridized carbons (Fsp3) is 0.357. The van der Waals surface area contributed by atoms with Gasteiger partial charge >= 0.3 is 0 Å². The minimum Gasteiger partial charge on any atom is -0.383 e. The molecule has 102 valence electrons. The summed E-state index contributed by atoms with van der Waals surface area (Å²) < 4.78 is 8.19. The van der Waals surface area contributed by atoms with Crippen LogP contribution in [0.25, 0.3) is 5.69 Å². The molecule has 5 heteroatoms. The van der Waals surface area contributed by atoms with Crippen LogP contribution in [0.5, 0.6) is 0 Å². The van der Waals surface area contributed by atoms with Gasteiger partial charge in [0.05, 0.1) is 18.0 Å². The van der Waals surface area contributed by atoms with Crippen LogP contribution in [0.4, 0.5) is 5.95 Å². The monoisotopic (exact) mass is 323 g/mol. The maximum absolute atomic E-state index is 5.05. The summed E-state index contributed by atoms with van der Waals surface area (Å²) in [5, 5.41) is 3.29. The molecule has 4 nitrogen and oxygen atoms in total. The van der Waals surface area contributed by atoms with Gasteiger partial charge in [0.2, 0.25) is 5.95 Å². The molecular formula is C14H18BrN3O. The topological polar surface area (TPSA) is 39.1 Å². The SMILES string of the molecule is COCCNc1nc(C)cn1-c1cccc(C)c1Br. The molecule has 0 radical (unpaired) electrons. The second-order valence-electron chi connectivity index (χ2n) is 4.40. The predicted molar refractivity (Wildman–Crippen MR) is 81.1 cm³/mol. The number of hydrogen-bond acceptors (Lipinski definition) is 3. The molecule has 0 aliphatic heterocycles. The third-order valence-corrected chi connectivity index (χ3v) is 3.88. The second-order valence-corrected chi connectivity index (χ2v) is 5.20. The van der Waals surface area contributed by atoms with Gasteiger partial charge in [0.1, 0.15) is 0 Å². The maximum atomic E-state index is 5.05. The number of benzene rings is 1. The zero-order valence-corrected chi connectivity index (χ0v) is 13.0. The molecular weight excluding hydrogens is 306 g/mol. The molecule has 0 amide bonds. The highest BCUT2D eigenvalue weighted by atomic mass is 79.9. The minimum absolute atomic E-state index is 0.654. The number of hydrogen-bond donors (Lipinski definition) is 1. The Morgan fingerprint density at radius 1 is 1.37 bits per heavy atom. The van der Waals surface area contributed by atoms with Crippen molar-refractivity contribution < 1.29 is 4.74 Å². The number of rotatable bonds is 5. The van der Waals surface area contributed by atoms with Crippen LogP contribution in [0.2, 0.25) is 0 Å². The van der Waals surface area contributed by atoms with E-state index in [1.54, 1.807) is 7.11 Å². The average Bonchev–Trinajstić information content (AvgIpc) is 2.74. The lowest BCUT2D eigenvalue weighted by Gasteiger charge is -2.12. The van der Waals surface area contributed by atoms with Crippen LogP contribution in [0, 0.1) is 13.8 Å². The fourth-order valence-electron chi connectivity index (χ4n) is 1.89. The Morgan fingerprint density at radius 2 is 2.16 bits per heavy atom. The number of imidazole rings is 1. The van der Waals surface area contributed by atoms with E-state index in [1.807, 2.05) is 19.2 Å². The van der Waals surface area contributed by atoms with Crippen LogP contribution < -0.4 is 5.32 Å². The van der Waals surface area contributed by atoms with Gasteiger partial charge < -0.3 is 10.1 Å². The number of methoxy groups -OCH3 is 1. The van der Waals surface area contributed by atoms with E-state index >= 15 is 0 Å². The van der Waals surface area contributed by atoms with Gasteiger partial charge in [0, 0.05) is 24.3 Å². The van der Waals surface area contributed by atoms with E-state index in [0.717, 1.165) is 28.3 Å². The minimum atomic E-state index is 0.654. The Morgan fingerprint density at radius 3 is 2.89 bits per heavy atom. The number of aromatic nitrogens is 2. The first kappa shape index (κ1) is 14.1. The highest BCUT2D eigenvalue weighted by Crippen LogP contribution is 2.27. The summed E-state index contributed by atoms with van der Waals surface area (Å²) in [6.07, 6.45) is 2.02. The molecule has 1 aromatic carbocycles. The van der Waals surface area contributed by atoms with Crippen molar-refractivity contribution in [2.45, 2.75) is 13.8 Å². The van der Waals surface area contributed by atoms with Crippen molar-refractivity contribution in [1.82, 2.24) is 9.55 Å². The molecule has 2 aromatic rings. The lowest BCUT2D eigenvalue weighted by Crippen LogP contribution is -2.12. The Balaban J connectivity index is 2.35. The van der Waals surface area contributed by atoms with E-state index in [4.69, 9.17) is 4.74 Å². The highest BCUT2D eigenvalue weighted by Gasteiger charge is 2.10. The van der Waals surface area contributed by atoms with Gasteiger partial charge in [-0.3, -0.25) is 4.57 Å². The van der Waals surface area contributed by atoms with Crippen LogP contribution in [0.1, 0.15) is 11.3 Å². The van der Waals surface area contributed by atoms with Crippen molar-refractivity contribution >= 4 is 21.9 Å². The summed E-state index contributed by atoms with van der Waals surface area (Å²) in [7, 11) is 1.69. The summed E-state index contributed by atoms with van der Waals surface area (Å²) in [6.45, 7) is 5.45. The molecule has 0 aliphatic rings. The Hall–Kier alpha value is -1.33. The van der Waals surface area contributed by atoms with E-state index in [2.05, 4.69) is 49.9 Å². The molecule has 0 aliphatic carbocycles. The number of nitrogens with zero attached hydrogens (tertiary/aromatic N) is 2. The average molecular weight is 324 g/mol. The molecule has 2 rings (SSSR count). The molecule has 0 bridgehead atoms. The Labute approximate surface area is 121 Å². The van der Waals surface area contributed by atoms with Crippen LogP contribution >= 0.6 is 15.9 Å². The number of ether oxygens (including phenoxy) is 1. The van der Waals surface area contributed by atoms with Crippen molar-refractivity contribution in [3.63, 3.8) is 0 Å². The van der Waals surface area contributed by atoms with Crippen molar-refractivity contribution in [3.8, 4) is 5.69 Å². The van der Waals surface area contributed by atoms with Gasteiger partial charge in [-0.15, -0.1) is 0 Å². The van der Waals surface area contributed by atoms with Crippen molar-refractivity contribution in [2.75, 3.05) is 25.6 Å². The molecule has 0 atom stereocenters. The largest absolute Gasteiger partial charge is 0.383 e. The summed E-state index contributed by atoms with van der Waals surface area (Å²) >= 11 is 3.64. The first-order valence-electron chi connectivity index (χ1n) is 6.17. The maximum Gasteiger partial charge on any atom is 0.207 e. The number of nitrogens with one attached hydrogen (secondary N) is 1. The van der Waals surface area contributed by atoms with Gasteiger partial charge in [-0.2, -0.15) is 0 Å². The van der Waals surface area contributed by atoms with Crippen LogP contribution in [-0.4, -0.2) is 29.8 Å². The first-order chi connectivity index (χ1) is 9.13. The quantitative estimate of drug-likeness (QED) is 0.858. The fourth-order valence-corrected chi connectivity index (χ4v) is 2.34.